The van der Waals surface area contributed by atoms with Crippen molar-refractivity contribution >= 4 is 12.0 Å². The van der Waals surface area contributed by atoms with Gasteiger partial charge in [-0.1, -0.05) is 6.07 Å². The molecule has 0 saturated carbocycles. The quantitative estimate of drug-likeness (QED) is 0.874. The molecule has 1 aromatic carbocycles. The van der Waals surface area contributed by atoms with E-state index in [4.69, 9.17) is 0 Å². The van der Waals surface area contributed by atoms with E-state index in [-0.39, 0.29) is 5.75 Å². The number of rotatable bonds is 3. The summed E-state index contributed by atoms with van der Waals surface area (Å²) in [6.45, 7) is 3.60. The Labute approximate surface area is 124 Å². The van der Waals surface area contributed by atoms with Gasteiger partial charge in [-0.3, -0.25) is 5.01 Å². The molecule has 108 valence electrons. The first kappa shape index (κ1) is 13.4. The van der Waals surface area contributed by atoms with E-state index < -0.39 is 0 Å². The van der Waals surface area contributed by atoms with Crippen molar-refractivity contribution in [2.45, 2.75) is 0 Å². The maximum absolute atomic E-state index is 9.24. The van der Waals surface area contributed by atoms with E-state index in [0.29, 0.717) is 0 Å². The van der Waals surface area contributed by atoms with E-state index >= 15 is 0 Å². The average molecular weight is 282 g/mol. The predicted molar refractivity (Wildman–Crippen MR) is 83.7 cm³/mol. The van der Waals surface area contributed by atoms with Gasteiger partial charge in [-0.25, -0.2) is 4.98 Å². The fraction of sp³-hybridized carbons (Fsp3) is 0.250. The summed E-state index contributed by atoms with van der Waals surface area (Å²) in [4.78, 5) is 6.64. The molecule has 1 aliphatic rings. The molecule has 3 rings (SSSR count). The van der Waals surface area contributed by atoms with Gasteiger partial charge in [0.1, 0.15) is 11.6 Å². The smallest absolute Gasteiger partial charge is 0.128 e. The molecule has 2 heterocycles. The number of aromatic nitrogens is 1. The molecule has 1 aromatic heterocycles. The zero-order chi connectivity index (χ0) is 14.5. The fourth-order valence-corrected chi connectivity index (χ4v) is 2.29. The number of phenolic OH excluding ortho intramolecular Hbond substituents is 1. The Morgan fingerprint density at radius 1 is 1.00 bits per heavy atom. The third-order valence-corrected chi connectivity index (χ3v) is 3.49. The summed E-state index contributed by atoms with van der Waals surface area (Å²) >= 11 is 0. The summed E-state index contributed by atoms with van der Waals surface area (Å²) in [5.74, 6) is 1.30. The minimum absolute atomic E-state index is 0.274. The highest BCUT2D eigenvalue weighted by Gasteiger charge is 2.15. The second-order valence-corrected chi connectivity index (χ2v) is 4.96. The number of hydrogen-bond acceptors (Lipinski definition) is 5. The highest BCUT2D eigenvalue weighted by Crippen LogP contribution is 2.13. The average Bonchev–Trinajstić information content (AvgIpc) is 2.56. The molecule has 1 aliphatic heterocycles. The Kier molecular flexibility index (Phi) is 4.00. The van der Waals surface area contributed by atoms with E-state index in [1.165, 1.54) is 0 Å². The highest BCUT2D eigenvalue weighted by atomic mass is 16.3. The number of aromatic hydroxyl groups is 1. The van der Waals surface area contributed by atoms with E-state index in [2.05, 4.69) is 20.0 Å². The molecule has 1 saturated heterocycles. The summed E-state index contributed by atoms with van der Waals surface area (Å²) in [6.07, 6.45) is 3.65. The van der Waals surface area contributed by atoms with Gasteiger partial charge in [0.25, 0.3) is 0 Å². The van der Waals surface area contributed by atoms with Crippen LogP contribution in [0.1, 0.15) is 5.56 Å². The maximum atomic E-state index is 9.24. The molecule has 0 spiro atoms. The van der Waals surface area contributed by atoms with Crippen molar-refractivity contribution in [3.63, 3.8) is 0 Å². The second kappa shape index (κ2) is 6.26. The molecule has 1 N–H and O–H groups in total. The molecule has 0 radical (unpaired) electrons. The van der Waals surface area contributed by atoms with Crippen LogP contribution in [0, 0.1) is 0 Å². The monoisotopic (exact) mass is 282 g/mol. The van der Waals surface area contributed by atoms with Gasteiger partial charge in [-0.2, -0.15) is 5.10 Å². The van der Waals surface area contributed by atoms with Crippen LogP contribution in [0.5, 0.6) is 5.75 Å². The number of phenols is 1. The first-order valence-electron chi connectivity index (χ1n) is 7.05. The fourth-order valence-electron chi connectivity index (χ4n) is 2.29. The van der Waals surface area contributed by atoms with Crippen LogP contribution in [0.25, 0.3) is 0 Å². The number of pyridine rings is 1. The predicted octanol–water partition coefficient (Wildman–Crippen LogP) is 1.94. The molecule has 0 unspecified atom stereocenters. The molecule has 0 bridgehead atoms. The normalized spacial score (nSPS) is 15.6. The van der Waals surface area contributed by atoms with Crippen LogP contribution < -0.4 is 4.90 Å². The number of nitrogens with zero attached hydrogens (tertiary/aromatic N) is 4. The zero-order valence-electron chi connectivity index (χ0n) is 11.8. The minimum Gasteiger partial charge on any atom is -0.508 e. The molecule has 21 heavy (non-hydrogen) atoms. The van der Waals surface area contributed by atoms with Gasteiger partial charge in [-0.05, 0) is 42.0 Å². The topological polar surface area (TPSA) is 52.0 Å². The summed E-state index contributed by atoms with van der Waals surface area (Å²) in [6, 6.07) is 13.0. The van der Waals surface area contributed by atoms with E-state index in [1.54, 1.807) is 12.1 Å². The number of hydrogen-bond donors (Lipinski definition) is 1. The van der Waals surface area contributed by atoms with Gasteiger partial charge in [0.05, 0.1) is 19.3 Å². The van der Waals surface area contributed by atoms with Crippen molar-refractivity contribution in [3.8, 4) is 5.75 Å². The van der Waals surface area contributed by atoms with Crippen LogP contribution >= 0.6 is 0 Å². The second-order valence-electron chi connectivity index (χ2n) is 4.96. The van der Waals surface area contributed by atoms with E-state index in [1.807, 2.05) is 42.7 Å². The van der Waals surface area contributed by atoms with Crippen LogP contribution in [0.15, 0.2) is 53.8 Å². The van der Waals surface area contributed by atoms with E-state index in [0.717, 1.165) is 37.6 Å². The van der Waals surface area contributed by atoms with Gasteiger partial charge >= 0.3 is 0 Å². The van der Waals surface area contributed by atoms with Crippen LogP contribution in [-0.4, -0.2) is 47.5 Å². The molecule has 5 heteroatoms. The molecule has 0 amide bonds. The lowest BCUT2D eigenvalue weighted by molar-refractivity contribution is 0.271. The standard InChI is InChI=1S/C16H18N4O/c21-15-6-4-14(5-7-15)13-18-20-11-9-19(10-12-20)16-3-1-2-8-17-16/h1-8,13,21H,9-12H2/b18-13-. The zero-order valence-corrected chi connectivity index (χ0v) is 11.8. The van der Waals surface area contributed by atoms with Gasteiger partial charge < -0.3 is 10.0 Å². The molecule has 1 fully saturated rings. The van der Waals surface area contributed by atoms with Crippen molar-refractivity contribution in [1.82, 2.24) is 9.99 Å². The summed E-state index contributed by atoms with van der Waals surface area (Å²) in [5.41, 5.74) is 0.986. The maximum Gasteiger partial charge on any atom is 0.128 e. The van der Waals surface area contributed by atoms with E-state index in [9.17, 15) is 5.11 Å². The molecule has 0 aliphatic carbocycles. The molecular weight excluding hydrogens is 264 g/mol. The highest BCUT2D eigenvalue weighted by molar-refractivity contribution is 5.79. The third-order valence-electron chi connectivity index (χ3n) is 3.49. The Balaban J connectivity index is 1.55. The Bertz CT molecular complexity index is 589. The first-order valence-corrected chi connectivity index (χ1v) is 7.05. The summed E-state index contributed by atoms with van der Waals surface area (Å²) in [7, 11) is 0. The number of hydrazone groups is 1. The van der Waals surface area contributed by atoms with Crippen LogP contribution in [0.3, 0.4) is 0 Å². The van der Waals surface area contributed by atoms with Gasteiger partial charge in [0.15, 0.2) is 0 Å². The number of benzene rings is 1. The van der Waals surface area contributed by atoms with Crippen molar-refractivity contribution < 1.29 is 5.11 Å². The summed E-state index contributed by atoms with van der Waals surface area (Å²) in [5, 5.41) is 15.8. The third kappa shape index (κ3) is 3.51. The largest absolute Gasteiger partial charge is 0.508 e. The number of piperazine rings is 1. The molecule has 0 atom stereocenters. The van der Waals surface area contributed by atoms with Gasteiger partial charge in [0, 0.05) is 19.3 Å². The van der Waals surface area contributed by atoms with Crippen LogP contribution in [0.4, 0.5) is 5.82 Å². The summed E-state index contributed by atoms with van der Waals surface area (Å²) < 4.78 is 0. The van der Waals surface area contributed by atoms with Crippen molar-refractivity contribution in [2.75, 3.05) is 31.1 Å². The molecular formula is C16H18N4O. The molecule has 2 aromatic rings. The Hall–Kier alpha value is -2.56. The Morgan fingerprint density at radius 3 is 2.43 bits per heavy atom. The lowest BCUT2D eigenvalue weighted by Crippen LogP contribution is -2.44. The minimum atomic E-state index is 0.274. The lowest BCUT2D eigenvalue weighted by atomic mass is 10.2. The van der Waals surface area contributed by atoms with Gasteiger partial charge in [-0.15, -0.1) is 0 Å². The number of anilines is 1. The van der Waals surface area contributed by atoms with Crippen molar-refractivity contribution in [1.29, 1.82) is 0 Å². The Morgan fingerprint density at radius 2 is 1.76 bits per heavy atom. The van der Waals surface area contributed by atoms with Crippen molar-refractivity contribution in [2.24, 2.45) is 5.10 Å². The lowest BCUT2D eigenvalue weighted by Gasteiger charge is -2.33. The van der Waals surface area contributed by atoms with Crippen molar-refractivity contribution in [3.05, 3.63) is 54.2 Å². The van der Waals surface area contributed by atoms with Crippen LogP contribution in [0.2, 0.25) is 0 Å². The van der Waals surface area contributed by atoms with Gasteiger partial charge in [0.2, 0.25) is 0 Å². The SMILES string of the molecule is Oc1ccc(/C=N\N2CCN(c3ccccn3)CC2)cc1. The van der Waals surface area contributed by atoms with Crippen LogP contribution in [-0.2, 0) is 0 Å². The first-order chi connectivity index (χ1) is 10.3. The molecule has 5 nitrogen and oxygen atoms in total.